The van der Waals surface area contributed by atoms with Crippen molar-refractivity contribution in [3.05, 3.63) is 59.5 Å². The van der Waals surface area contributed by atoms with Gasteiger partial charge in [-0.1, -0.05) is 31.0 Å². The van der Waals surface area contributed by atoms with Gasteiger partial charge in [-0.2, -0.15) is 0 Å². The summed E-state index contributed by atoms with van der Waals surface area (Å²) < 4.78 is 3.16. The second kappa shape index (κ2) is 7.55. The number of fused-ring (bicyclic) bond motifs is 2. The summed E-state index contributed by atoms with van der Waals surface area (Å²) in [5.41, 5.74) is 1.53. The second-order valence-electron chi connectivity index (χ2n) is 7.79. The molecule has 0 bridgehead atoms. The van der Waals surface area contributed by atoms with Crippen molar-refractivity contribution < 1.29 is 4.79 Å². The molecule has 1 N–H and O–H groups in total. The minimum Gasteiger partial charge on any atom is -0.355 e. The Hall–Kier alpha value is -2.80. The first kappa shape index (κ1) is 18.2. The molecule has 6 nitrogen and oxygen atoms in total. The maximum atomic E-state index is 13.2. The lowest BCUT2D eigenvalue weighted by Gasteiger charge is -2.26. The molecule has 0 unspecified atom stereocenters. The van der Waals surface area contributed by atoms with Crippen molar-refractivity contribution in [2.75, 3.05) is 6.54 Å². The normalized spacial score (nSPS) is 15.9. The molecule has 29 heavy (non-hydrogen) atoms. The van der Waals surface area contributed by atoms with Crippen molar-refractivity contribution in [3.63, 3.8) is 0 Å². The van der Waals surface area contributed by atoms with E-state index in [2.05, 4.69) is 21.6 Å². The summed E-state index contributed by atoms with van der Waals surface area (Å²) in [5.74, 6) is 1.02. The molecule has 3 aromatic heterocycles. The van der Waals surface area contributed by atoms with E-state index in [0.29, 0.717) is 13.0 Å². The number of thiazole rings is 1. The molecule has 0 aliphatic heterocycles. The molecule has 148 valence electrons. The molecule has 1 aliphatic rings. The van der Waals surface area contributed by atoms with Crippen LogP contribution in [0, 0.1) is 5.41 Å². The van der Waals surface area contributed by atoms with Crippen molar-refractivity contribution in [1.29, 1.82) is 0 Å². The molecule has 1 saturated carbocycles. The third-order valence-electron chi connectivity index (χ3n) is 5.89. The predicted octanol–water partition coefficient (Wildman–Crippen LogP) is 3.80. The Morgan fingerprint density at radius 3 is 2.79 bits per heavy atom. The lowest BCUT2D eigenvalue weighted by molar-refractivity contribution is -0.130. The lowest BCUT2D eigenvalue weighted by Crippen LogP contribution is -2.41. The van der Waals surface area contributed by atoms with Crippen molar-refractivity contribution in [2.24, 2.45) is 5.41 Å². The fourth-order valence-corrected chi connectivity index (χ4v) is 5.47. The molecule has 7 heteroatoms. The van der Waals surface area contributed by atoms with E-state index in [-0.39, 0.29) is 11.3 Å². The van der Waals surface area contributed by atoms with Crippen molar-refractivity contribution in [2.45, 2.75) is 38.5 Å². The highest BCUT2D eigenvalue weighted by molar-refractivity contribution is 7.18. The number of para-hydroxylation sites is 1. The van der Waals surface area contributed by atoms with E-state index in [9.17, 15) is 4.79 Å². The molecule has 3 heterocycles. The highest BCUT2D eigenvalue weighted by Crippen LogP contribution is 2.42. The van der Waals surface area contributed by atoms with Crippen LogP contribution in [0.5, 0.6) is 0 Å². The molecule has 0 radical (unpaired) electrons. The van der Waals surface area contributed by atoms with Crippen LogP contribution in [0.25, 0.3) is 15.9 Å². The lowest BCUT2D eigenvalue weighted by atomic mass is 9.82. The standard InChI is InChI=1S/C22H23N5OS/c28-21(23-13-10-19-26-25-18-9-3-6-14-27(18)19)22(11-4-5-12-22)15-20-24-16-7-1-2-8-17(16)29-20/h1-3,6-9,14H,4-5,10-13,15H2,(H,23,28). The molecule has 5 rings (SSSR count). The smallest absolute Gasteiger partial charge is 0.226 e. The number of pyridine rings is 1. The third-order valence-corrected chi connectivity index (χ3v) is 6.93. The first-order valence-corrected chi connectivity index (χ1v) is 11.0. The molecule has 1 aromatic carbocycles. The zero-order valence-corrected chi connectivity index (χ0v) is 17.0. The number of nitrogens with one attached hydrogen (secondary N) is 1. The summed E-state index contributed by atoms with van der Waals surface area (Å²) in [4.78, 5) is 18.0. The van der Waals surface area contributed by atoms with Gasteiger partial charge in [0, 0.05) is 25.6 Å². The third kappa shape index (κ3) is 3.51. The number of aromatic nitrogens is 4. The highest BCUT2D eigenvalue weighted by atomic mass is 32.1. The minimum absolute atomic E-state index is 0.156. The molecule has 0 saturated heterocycles. The van der Waals surface area contributed by atoms with Crippen LogP contribution in [-0.4, -0.2) is 32.0 Å². The molecule has 0 atom stereocenters. The molecule has 1 fully saturated rings. The van der Waals surface area contributed by atoms with Crippen LogP contribution in [0.15, 0.2) is 48.7 Å². The van der Waals surface area contributed by atoms with E-state index in [4.69, 9.17) is 4.98 Å². The molecular formula is C22H23N5OS. The number of hydrogen-bond donors (Lipinski definition) is 1. The summed E-state index contributed by atoms with van der Waals surface area (Å²) in [6.07, 6.45) is 7.42. The summed E-state index contributed by atoms with van der Waals surface area (Å²) in [5, 5.41) is 12.7. The average molecular weight is 406 g/mol. The SMILES string of the molecule is O=C(NCCc1nnc2ccccn12)C1(Cc2nc3ccccc3s2)CCCC1. The quantitative estimate of drug-likeness (QED) is 0.530. The maximum absolute atomic E-state index is 13.2. The Morgan fingerprint density at radius 2 is 1.93 bits per heavy atom. The summed E-state index contributed by atoms with van der Waals surface area (Å²) in [7, 11) is 0. The van der Waals surface area contributed by atoms with Crippen LogP contribution < -0.4 is 5.32 Å². The van der Waals surface area contributed by atoms with Gasteiger partial charge in [0.25, 0.3) is 0 Å². The maximum Gasteiger partial charge on any atom is 0.226 e. The minimum atomic E-state index is -0.333. The van der Waals surface area contributed by atoms with Gasteiger partial charge in [0.2, 0.25) is 5.91 Å². The summed E-state index contributed by atoms with van der Waals surface area (Å²) >= 11 is 1.71. The molecule has 0 spiro atoms. The number of nitrogens with zero attached hydrogens (tertiary/aromatic N) is 4. The van der Waals surface area contributed by atoms with Gasteiger partial charge >= 0.3 is 0 Å². The zero-order valence-electron chi connectivity index (χ0n) is 16.2. The molecule has 1 aliphatic carbocycles. The predicted molar refractivity (Wildman–Crippen MR) is 114 cm³/mol. The van der Waals surface area contributed by atoms with Crippen LogP contribution >= 0.6 is 11.3 Å². The molecule has 4 aromatic rings. The van der Waals surface area contributed by atoms with Crippen LogP contribution in [0.2, 0.25) is 0 Å². The summed E-state index contributed by atoms with van der Waals surface area (Å²) in [6.45, 7) is 0.566. The molecular weight excluding hydrogens is 382 g/mol. The Morgan fingerprint density at radius 1 is 1.10 bits per heavy atom. The Kier molecular flexibility index (Phi) is 4.75. The van der Waals surface area contributed by atoms with Crippen molar-refractivity contribution >= 4 is 33.1 Å². The van der Waals surface area contributed by atoms with E-state index in [0.717, 1.165) is 54.1 Å². The Labute approximate surface area is 173 Å². The van der Waals surface area contributed by atoms with Gasteiger partial charge in [-0.25, -0.2) is 4.98 Å². The average Bonchev–Trinajstić information content (AvgIpc) is 3.47. The number of benzene rings is 1. The van der Waals surface area contributed by atoms with E-state index in [1.807, 2.05) is 47.0 Å². The summed E-state index contributed by atoms with van der Waals surface area (Å²) in [6, 6.07) is 14.0. The van der Waals surface area contributed by atoms with Crippen LogP contribution in [-0.2, 0) is 17.6 Å². The highest BCUT2D eigenvalue weighted by Gasteiger charge is 2.41. The monoisotopic (exact) mass is 405 g/mol. The van der Waals surface area contributed by atoms with E-state index < -0.39 is 0 Å². The van der Waals surface area contributed by atoms with Gasteiger partial charge in [0.1, 0.15) is 5.82 Å². The van der Waals surface area contributed by atoms with E-state index in [1.54, 1.807) is 11.3 Å². The Balaban J connectivity index is 1.28. The first-order valence-electron chi connectivity index (χ1n) is 10.1. The Bertz CT molecular complexity index is 1130. The first-order chi connectivity index (χ1) is 14.2. The van der Waals surface area contributed by atoms with Gasteiger partial charge in [-0.3, -0.25) is 9.20 Å². The zero-order chi connectivity index (χ0) is 19.7. The van der Waals surface area contributed by atoms with Gasteiger partial charge in [0.05, 0.1) is 20.6 Å². The van der Waals surface area contributed by atoms with Crippen molar-refractivity contribution in [3.8, 4) is 0 Å². The number of carbonyl (C=O) groups is 1. The number of carbonyl (C=O) groups excluding carboxylic acids is 1. The number of amides is 1. The van der Waals surface area contributed by atoms with Gasteiger partial charge < -0.3 is 5.32 Å². The molecule has 1 amide bonds. The van der Waals surface area contributed by atoms with Gasteiger partial charge in [-0.05, 0) is 37.1 Å². The van der Waals surface area contributed by atoms with Crippen molar-refractivity contribution in [1.82, 2.24) is 24.9 Å². The van der Waals surface area contributed by atoms with E-state index >= 15 is 0 Å². The largest absolute Gasteiger partial charge is 0.355 e. The number of hydrogen-bond acceptors (Lipinski definition) is 5. The van der Waals surface area contributed by atoms with Crippen LogP contribution in [0.4, 0.5) is 0 Å². The van der Waals surface area contributed by atoms with Gasteiger partial charge in [0.15, 0.2) is 5.65 Å². The number of rotatable bonds is 6. The fourth-order valence-electron chi connectivity index (χ4n) is 4.36. The topological polar surface area (TPSA) is 72.2 Å². The van der Waals surface area contributed by atoms with Crippen LogP contribution in [0.3, 0.4) is 0 Å². The second-order valence-corrected chi connectivity index (χ2v) is 8.91. The fraction of sp³-hybridized carbons (Fsp3) is 0.364. The van der Waals surface area contributed by atoms with Crippen LogP contribution in [0.1, 0.15) is 36.5 Å². The van der Waals surface area contributed by atoms with Gasteiger partial charge in [-0.15, -0.1) is 21.5 Å². The van der Waals surface area contributed by atoms with E-state index in [1.165, 1.54) is 4.70 Å².